The number of rotatable bonds is 4. The van der Waals surface area contributed by atoms with Crippen LogP contribution in [-0.2, 0) is 10.0 Å². The number of sulfonamides is 1. The predicted molar refractivity (Wildman–Crippen MR) is 118 cm³/mol. The molecule has 4 N–H and O–H groups in total. The van der Waals surface area contributed by atoms with Crippen LogP contribution in [0.4, 0.5) is 14.5 Å². The summed E-state index contributed by atoms with van der Waals surface area (Å²) in [6.45, 7) is 0.0241. The van der Waals surface area contributed by atoms with Crippen LogP contribution in [0.2, 0.25) is 10.0 Å². The molecule has 0 aliphatic carbocycles. The number of nitrogens with two attached hydrogens (primary N) is 1. The third-order valence-electron chi connectivity index (χ3n) is 4.09. The van der Waals surface area contributed by atoms with E-state index in [9.17, 15) is 17.2 Å². The van der Waals surface area contributed by atoms with Crippen LogP contribution in [-0.4, -0.2) is 15.0 Å². The van der Waals surface area contributed by atoms with Gasteiger partial charge in [0.1, 0.15) is 10.7 Å². The molecule has 31 heavy (non-hydrogen) atoms. The van der Waals surface area contributed by atoms with Crippen molar-refractivity contribution in [1.29, 1.82) is 0 Å². The lowest BCUT2D eigenvalue weighted by atomic mass is 10.1. The van der Waals surface area contributed by atoms with E-state index in [0.717, 1.165) is 18.2 Å². The largest absolute Gasteiger partial charge is 0.361 e. The molecule has 0 spiro atoms. The van der Waals surface area contributed by atoms with Crippen LogP contribution in [0.15, 0.2) is 70.9 Å². The van der Waals surface area contributed by atoms with Crippen molar-refractivity contribution in [2.75, 3.05) is 11.3 Å². The zero-order valence-corrected chi connectivity index (χ0v) is 18.0. The number of dihydropyridines is 1. The first-order chi connectivity index (χ1) is 14.7. The molecule has 2 aromatic carbocycles. The Hall–Kier alpha value is -2.83. The van der Waals surface area contributed by atoms with Crippen molar-refractivity contribution in [1.82, 2.24) is 5.32 Å². The highest BCUT2D eigenvalue weighted by atomic mass is 35.5. The average molecular weight is 482 g/mol. The van der Waals surface area contributed by atoms with Gasteiger partial charge in [0.15, 0.2) is 5.82 Å². The maximum absolute atomic E-state index is 14.9. The van der Waals surface area contributed by atoms with Gasteiger partial charge in [-0.25, -0.2) is 17.2 Å². The number of hydrogen-bond acceptors (Lipinski definition) is 4. The predicted octanol–water partition coefficient (Wildman–Crippen LogP) is 4.31. The number of benzene rings is 2. The van der Waals surface area contributed by atoms with Crippen molar-refractivity contribution in [2.45, 2.75) is 4.90 Å². The summed E-state index contributed by atoms with van der Waals surface area (Å²) >= 11 is 11.8. The molecule has 1 aliphatic heterocycles. The van der Waals surface area contributed by atoms with E-state index in [0.29, 0.717) is 11.3 Å². The van der Waals surface area contributed by atoms with Crippen LogP contribution < -0.4 is 15.8 Å². The molecule has 0 amide bonds. The summed E-state index contributed by atoms with van der Waals surface area (Å²) in [4.78, 5) is -0.351. The van der Waals surface area contributed by atoms with Gasteiger partial charge in [-0.15, -0.1) is 0 Å². The standard InChI is InChI=1S/C21H15Cl2F2N3O2S/c22-14-5-7-16(23)20(11-14)31(29,30)28-19-9-8-17(24)15(21(19)25)6-4-13(12-26)18-3-1-2-10-27-18/h1-3,5,7-11,27-28H,12,26H2/b18-13-. The summed E-state index contributed by atoms with van der Waals surface area (Å²) in [6, 6.07) is 5.67. The molecular formula is C21H15Cl2F2N3O2S. The van der Waals surface area contributed by atoms with Gasteiger partial charge in [-0.1, -0.05) is 41.1 Å². The molecule has 0 fully saturated rings. The third-order valence-corrected chi connectivity index (χ3v) is 6.18. The van der Waals surface area contributed by atoms with Crippen molar-refractivity contribution >= 4 is 38.9 Å². The lowest BCUT2D eigenvalue weighted by Crippen LogP contribution is -2.15. The Morgan fingerprint density at radius 2 is 1.94 bits per heavy atom. The highest BCUT2D eigenvalue weighted by Gasteiger charge is 2.22. The minimum Gasteiger partial charge on any atom is -0.361 e. The SMILES string of the molecule is NC/C(C#Cc1c(F)ccc(NS(=O)(=O)c2cc(Cl)ccc2Cl)c1F)=C1/C=CC=CN1. The number of allylic oxidation sites excluding steroid dienone is 3. The van der Waals surface area contributed by atoms with Crippen LogP contribution >= 0.6 is 23.2 Å². The molecule has 0 radical (unpaired) electrons. The Morgan fingerprint density at radius 1 is 1.16 bits per heavy atom. The van der Waals surface area contributed by atoms with Crippen LogP contribution in [0, 0.1) is 23.5 Å². The fourth-order valence-electron chi connectivity index (χ4n) is 2.58. The summed E-state index contributed by atoms with van der Waals surface area (Å²) in [7, 11) is -4.30. The van der Waals surface area contributed by atoms with E-state index in [1.54, 1.807) is 24.4 Å². The second-order valence-electron chi connectivity index (χ2n) is 6.17. The molecule has 1 aliphatic rings. The fraction of sp³-hybridized carbons (Fsp3) is 0.0476. The van der Waals surface area contributed by atoms with Crippen LogP contribution in [0.25, 0.3) is 0 Å². The number of nitrogens with one attached hydrogen (secondary N) is 2. The molecule has 2 aromatic rings. The van der Waals surface area contributed by atoms with Gasteiger partial charge in [0.05, 0.1) is 22.0 Å². The normalized spacial score (nSPS) is 14.5. The molecule has 160 valence electrons. The molecule has 0 saturated carbocycles. The minimum atomic E-state index is -4.30. The molecule has 10 heteroatoms. The summed E-state index contributed by atoms with van der Waals surface area (Å²) in [5.74, 6) is 2.90. The maximum Gasteiger partial charge on any atom is 0.263 e. The Labute approximate surface area is 188 Å². The van der Waals surface area contributed by atoms with Crippen molar-refractivity contribution in [3.05, 3.63) is 93.3 Å². The lowest BCUT2D eigenvalue weighted by molar-refractivity contribution is 0.578. The monoisotopic (exact) mass is 481 g/mol. The zero-order chi connectivity index (χ0) is 22.6. The summed E-state index contributed by atoms with van der Waals surface area (Å²) in [6.07, 6.45) is 6.87. The van der Waals surface area contributed by atoms with Gasteiger partial charge < -0.3 is 11.1 Å². The Morgan fingerprint density at radius 3 is 2.61 bits per heavy atom. The first-order valence-corrected chi connectivity index (χ1v) is 11.0. The summed E-state index contributed by atoms with van der Waals surface area (Å²) < 4.78 is 56.5. The van der Waals surface area contributed by atoms with E-state index in [1.165, 1.54) is 12.1 Å². The van der Waals surface area contributed by atoms with E-state index in [4.69, 9.17) is 28.9 Å². The molecule has 0 unspecified atom stereocenters. The van der Waals surface area contributed by atoms with Crippen molar-refractivity contribution < 1.29 is 17.2 Å². The molecule has 5 nitrogen and oxygen atoms in total. The Bertz CT molecular complexity index is 1290. The van der Waals surface area contributed by atoms with Gasteiger partial charge in [-0.3, -0.25) is 4.72 Å². The van der Waals surface area contributed by atoms with Gasteiger partial charge in [0.2, 0.25) is 0 Å². The summed E-state index contributed by atoms with van der Waals surface area (Å²) in [5, 5.41) is 2.95. The van der Waals surface area contributed by atoms with Crippen LogP contribution in [0.3, 0.4) is 0 Å². The molecule has 1 heterocycles. The quantitative estimate of drug-likeness (QED) is 0.568. The van der Waals surface area contributed by atoms with E-state index < -0.39 is 32.9 Å². The maximum atomic E-state index is 14.9. The van der Waals surface area contributed by atoms with Crippen LogP contribution in [0.1, 0.15) is 5.56 Å². The fourth-order valence-corrected chi connectivity index (χ4v) is 4.40. The number of halogens is 4. The zero-order valence-electron chi connectivity index (χ0n) is 15.7. The smallest absolute Gasteiger partial charge is 0.263 e. The van der Waals surface area contributed by atoms with Gasteiger partial charge >= 0.3 is 0 Å². The lowest BCUT2D eigenvalue weighted by Gasteiger charge is -2.12. The van der Waals surface area contributed by atoms with E-state index in [1.807, 2.05) is 0 Å². The average Bonchev–Trinajstić information content (AvgIpc) is 2.75. The number of anilines is 1. The molecule has 3 rings (SSSR count). The topological polar surface area (TPSA) is 84.2 Å². The van der Waals surface area contributed by atoms with Crippen molar-refractivity contribution in [3.63, 3.8) is 0 Å². The molecular weight excluding hydrogens is 467 g/mol. The first-order valence-electron chi connectivity index (χ1n) is 8.74. The van der Waals surface area contributed by atoms with Gasteiger partial charge in [0.25, 0.3) is 10.0 Å². The molecule has 0 bridgehead atoms. The van der Waals surface area contributed by atoms with E-state index >= 15 is 0 Å². The van der Waals surface area contributed by atoms with E-state index in [2.05, 4.69) is 21.9 Å². The van der Waals surface area contributed by atoms with Crippen molar-refractivity contribution in [3.8, 4) is 11.8 Å². The highest BCUT2D eigenvalue weighted by Crippen LogP contribution is 2.29. The second-order valence-corrected chi connectivity index (χ2v) is 8.67. The van der Waals surface area contributed by atoms with Gasteiger partial charge in [-0.2, -0.15) is 0 Å². The Balaban J connectivity index is 2.00. The van der Waals surface area contributed by atoms with Gasteiger partial charge in [0, 0.05) is 23.3 Å². The summed E-state index contributed by atoms with van der Waals surface area (Å²) in [5.41, 5.74) is 5.58. The van der Waals surface area contributed by atoms with E-state index in [-0.39, 0.29) is 21.5 Å². The molecule has 0 atom stereocenters. The Kier molecular flexibility index (Phi) is 7.03. The highest BCUT2D eigenvalue weighted by molar-refractivity contribution is 7.92. The van der Waals surface area contributed by atoms with Crippen LogP contribution in [0.5, 0.6) is 0 Å². The third kappa shape index (κ3) is 5.27. The molecule has 0 aromatic heterocycles. The molecule has 0 saturated heterocycles. The van der Waals surface area contributed by atoms with Gasteiger partial charge in [-0.05, 0) is 42.5 Å². The first kappa shape index (κ1) is 22.8. The van der Waals surface area contributed by atoms with Crippen molar-refractivity contribution in [2.24, 2.45) is 5.73 Å². The number of hydrogen-bond donors (Lipinski definition) is 3. The minimum absolute atomic E-state index is 0.0241. The second kappa shape index (κ2) is 9.54.